The zero-order valence-corrected chi connectivity index (χ0v) is 19.4. The van der Waals surface area contributed by atoms with Gasteiger partial charge >= 0.3 is 12.1 Å². The van der Waals surface area contributed by atoms with Crippen LogP contribution in [0.25, 0.3) is 11.1 Å². The monoisotopic (exact) mass is 452 g/mol. The molecule has 0 fully saturated rings. The summed E-state index contributed by atoms with van der Waals surface area (Å²) in [5, 5.41) is 14.4. The van der Waals surface area contributed by atoms with Gasteiger partial charge in [0.1, 0.15) is 12.1 Å². The van der Waals surface area contributed by atoms with Crippen LogP contribution in [0.5, 0.6) is 0 Å². The molecule has 1 aliphatic carbocycles. The molecule has 0 saturated carbocycles. The molecule has 0 aliphatic heterocycles. The zero-order valence-electron chi connectivity index (χ0n) is 19.4. The van der Waals surface area contributed by atoms with Gasteiger partial charge in [-0.3, -0.25) is 9.59 Å². The molecule has 0 bridgehead atoms. The fourth-order valence-electron chi connectivity index (χ4n) is 4.18. The Balaban J connectivity index is 1.59. The Morgan fingerprint density at radius 2 is 1.64 bits per heavy atom. The number of amides is 2. The SMILES string of the molecule is CCC(C)(NC(=O)OCC1c2ccccc2-c2ccccc21)C(=O)NC(C)CCCC(=O)O. The summed E-state index contributed by atoms with van der Waals surface area (Å²) < 4.78 is 5.59. The Bertz CT molecular complexity index is 976. The second-order valence-electron chi connectivity index (χ2n) is 8.80. The van der Waals surface area contributed by atoms with Gasteiger partial charge in [0, 0.05) is 18.4 Å². The predicted octanol–water partition coefficient (Wildman–Crippen LogP) is 4.45. The van der Waals surface area contributed by atoms with Crippen LogP contribution in [-0.4, -0.2) is 41.3 Å². The van der Waals surface area contributed by atoms with Gasteiger partial charge in [-0.05, 0) is 55.4 Å². The average molecular weight is 453 g/mol. The van der Waals surface area contributed by atoms with Gasteiger partial charge < -0.3 is 20.5 Å². The Morgan fingerprint density at radius 1 is 1.06 bits per heavy atom. The first-order valence-corrected chi connectivity index (χ1v) is 11.4. The summed E-state index contributed by atoms with van der Waals surface area (Å²) in [6.45, 7) is 5.47. The van der Waals surface area contributed by atoms with Gasteiger partial charge in [0.15, 0.2) is 0 Å². The molecule has 2 unspecified atom stereocenters. The van der Waals surface area contributed by atoms with Crippen molar-refractivity contribution >= 4 is 18.0 Å². The van der Waals surface area contributed by atoms with Crippen LogP contribution in [0.4, 0.5) is 4.79 Å². The Morgan fingerprint density at radius 3 is 2.18 bits per heavy atom. The van der Waals surface area contributed by atoms with E-state index in [0.29, 0.717) is 19.3 Å². The molecular weight excluding hydrogens is 420 g/mol. The van der Waals surface area contributed by atoms with Gasteiger partial charge in [0.05, 0.1) is 0 Å². The first kappa shape index (κ1) is 24.3. The number of nitrogens with one attached hydrogen (secondary N) is 2. The minimum absolute atomic E-state index is 0.0564. The molecule has 1 aliphatic rings. The number of rotatable bonds is 10. The number of aliphatic carboxylic acids is 1. The maximum atomic E-state index is 12.8. The Hall–Kier alpha value is -3.35. The normalized spacial score (nSPS) is 15.0. The van der Waals surface area contributed by atoms with Gasteiger partial charge in [-0.25, -0.2) is 4.79 Å². The highest BCUT2D eigenvalue weighted by Gasteiger charge is 2.35. The first-order valence-electron chi connectivity index (χ1n) is 11.4. The smallest absolute Gasteiger partial charge is 0.408 e. The lowest BCUT2D eigenvalue weighted by Gasteiger charge is -2.29. The number of benzene rings is 2. The van der Waals surface area contributed by atoms with Gasteiger partial charge in [-0.2, -0.15) is 0 Å². The minimum Gasteiger partial charge on any atom is -0.481 e. The molecule has 3 rings (SSSR count). The average Bonchev–Trinajstić information content (AvgIpc) is 3.11. The van der Waals surface area contributed by atoms with E-state index in [-0.39, 0.29) is 30.9 Å². The van der Waals surface area contributed by atoms with E-state index in [1.54, 1.807) is 6.92 Å². The summed E-state index contributed by atoms with van der Waals surface area (Å²) in [6, 6.07) is 16.0. The van der Waals surface area contributed by atoms with Crippen LogP contribution in [0.3, 0.4) is 0 Å². The number of hydrogen-bond donors (Lipinski definition) is 3. The number of fused-ring (bicyclic) bond motifs is 3. The van der Waals surface area contributed by atoms with Crippen molar-refractivity contribution in [3.63, 3.8) is 0 Å². The standard InChI is InChI=1S/C26H32N2O5/c1-4-26(3,24(31)27-17(2)10-9-15-23(29)30)28-25(32)33-16-22-20-13-7-5-11-18(20)19-12-6-8-14-21(19)22/h5-8,11-14,17,22H,4,9-10,15-16H2,1-3H3,(H,27,31)(H,28,32)(H,29,30). The maximum Gasteiger partial charge on any atom is 0.408 e. The van der Waals surface area contributed by atoms with Crippen LogP contribution in [-0.2, 0) is 14.3 Å². The fraction of sp³-hybridized carbons (Fsp3) is 0.423. The van der Waals surface area contributed by atoms with Crippen molar-refractivity contribution in [1.29, 1.82) is 0 Å². The summed E-state index contributed by atoms with van der Waals surface area (Å²) in [6.07, 6.45) is 0.811. The van der Waals surface area contributed by atoms with Gasteiger partial charge in [0.2, 0.25) is 5.91 Å². The highest BCUT2D eigenvalue weighted by molar-refractivity contribution is 5.89. The van der Waals surface area contributed by atoms with Crippen molar-refractivity contribution in [1.82, 2.24) is 10.6 Å². The van der Waals surface area contributed by atoms with E-state index >= 15 is 0 Å². The van der Waals surface area contributed by atoms with Crippen molar-refractivity contribution in [3.05, 3.63) is 59.7 Å². The van der Waals surface area contributed by atoms with Crippen molar-refractivity contribution in [3.8, 4) is 11.1 Å². The molecule has 2 aromatic carbocycles. The molecule has 7 nitrogen and oxygen atoms in total. The molecule has 176 valence electrons. The van der Waals surface area contributed by atoms with E-state index in [0.717, 1.165) is 22.3 Å². The van der Waals surface area contributed by atoms with E-state index in [2.05, 4.69) is 34.9 Å². The van der Waals surface area contributed by atoms with Crippen LogP contribution < -0.4 is 10.6 Å². The largest absolute Gasteiger partial charge is 0.481 e. The summed E-state index contributed by atoms with van der Waals surface area (Å²) in [5.41, 5.74) is 3.41. The maximum absolute atomic E-state index is 12.8. The third-order valence-corrected chi connectivity index (χ3v) is 6.34. The second-order valence-corrected chi connectivity index (χ2v) is 8.80. The van der Waals surface area contributed by atoms with Crippen LogP contribution in [0.2, 0.25) is 0 Å². The van der Waals surface area contributed by atoms with E-state index < -0.39 is 17.6 Å². The molecule has 7 heteroatoms. The Kier molecular flexibility index (Phi) is 7.74. The fourth-order valence-corrected chi connectivity index (χ4v) is 4.18. The van der Waals surface area contributed by atoms with Gasteiger partial charge in [-0.1, -0.05) is 55.5 Å². The van der Waals surface area contributed by atoms with Gasteiger partial charge in [-0.15, -0.1) is 0 Å². The van der Waals surface area contributed by atoms with E-state index in [4.69, 9.17) is 9.84 Å². The van der Waals surface area contributed by atoms with Crippen LogP contribution in [0.1, 0.15) is 63.5 Å². The third-order valence-electron chi connectivity index (χ3n) is 6.34. The summed E-state index contributed by atoms with van der Waals surface area (Å²) in [7, 11) is 0. The number of hydrogen-bond acceptors (Lipinski definition) is 4. The number of carbonyl (C=O) groups is 3. The van der Waals surface area contributed by atoms with Crippen molar-refractivity contribution < 1.29 is 24.2 Å². The van der Waals surface area contributed by atoms with E-state index in [1.165, 1.54) is 0 Å². The first-order chi connectivity index (χ1) is 15.7. The number of carboxylic acids is 1. The topological polar surface area (TPSA) is 105 Å². The molecule has 33 heavy (non-hydrogen) atoms. The lowest BCUT2D eigenvalue weighted by molar-refractivity contribution is -0.137. The Labute approximate surface area is 194 Å². The molecule has 2 aromatic rings. The lowest BCUT2D eigenvalue weighted by atomic mass is 9.97. The zero-order chi connectivity index (χ0) is 24.0. The van der Waals surface area contributed by atoms with Crippen LogP contribution in [0, 0.1) is 0 Å². The summed E-state index contributed by atoms with van der Waals surface area (Å²) in [5.74, 6) is -1.23. The molecule has 0 heterocycles. The molecular formula is C26H32N2O5. The predicted molar refractivity (Wildman–Crippen MR) is 126 cm³/mol. The van der Waals surface area contributed by atoms with Crippen molar-refractivity contribution in [2.75, 3.05) is 6.61 Å². The molecule has 0 saturated heterocycles. The number of carbonyl (C=O) groups excluding carboxylic acids is 2. The number of ether oxygens (including phenoxy) is 1. The summed E-state index contributed by atoms with van der Waals surface area (Å²) >= 11 is 0. The molecule has 2 amide bonds. The third kappa shape index (κ3) is 5.72. The van der Waals surface area contributed by atoms with E-state index in [9.17, 15) is 14.4 Å². The van der Waals surface area contributed by atoms with Gasteiger partial charge in [0.25, 0.3) is 0 Å². The highest BCUT2D eigenvalue weighted by Crippen LogP contribution is 2.44. The molecule has 0 aromatic heterocycles. The highest BCUT2D eigenvalue weighted by atomic mass is 16.5. The second kappa shape index (κ2) is 10.5. The van der Waals surface area contributed by atoms with Crippen molar-refractivity contribution in [2.45, 2.75) is 64.0 Å². The quantitative estimate of drug-likeness (QED) is 0.494. The van der Waals surface area contributed by atoms with E-state index in [1.807, 2.05) is 38.1 Å². The number of carboxylic acid groups (broad SMARTS) is 1. The lowest BCUT2D eigenvalue weighted by Crippen LogP contribution is -2.58. The summed E-state index contributed by atoms with van der Waals surface area (Å²) in [4.78, 5) is 36.2. The molecule has 3 N–H and O–H groups in total. The molecule has 2 atom stereocenters. The molecule has 0 spiro atoms. The minimum atomic E-state index is -1.14. The van der Waals surface area contributed by atoms with Crippen LogP contribution >= 0.6 is 0 Å². The molecule has 0 radical (unpaired) electrons. The number of alkyl carbamates (subject to hydrolysis) is 1. The van der Waals surface area contributed by atoms with Crippen LogP contribution in [0.15, 0.2) is 48.5 Å². The van der Waals surface area contributed by atoms with Crippen molar-refractivity contribution in [2.24, 2.45) is 0 Å².